The topological polar surface area (TPSA) is 131 Å². The van der Waals surface area contributed by atoms with Crippen molar-refractivity contribution in [3.8, 4) is 23.0 Å². The van der Waals surface area contributed by atoms with E-state index in [1.165, 1.54) is 5.56 Å². The zero-order chi connectivity index (χ0) is 40.6. The molecule has 3 amide bonds. The average Bonchev–Trinajstić information content (AvgIpc) is 3.70. The molecule has 0 radical (unpaired) electrons. The number of ether oxygens (including phenoxy) is 4. The van der Waals surface area contributed by atoms with E-state index in [0.29, 0.717) is 96.8 Å². The third-order valence-electron chi connectivity index (χ3n) is 11.2. The van der Waals surface area contributed by atoms with Crippen LogP contribution in [0.2, 0.25) is 0 Å². The highest BCUT2D eigenvalue weighted by Crippen LogP contribution is 2.43. The van der Waals surface area contributed by atoms with E-state index in [2.05, 4.69) is 35.9 Å². The molecule has 4 aliphatic heterocycles. The fourth-order valence-electron chi connectivity index (χ4n) is 8.27. The number of amides is 3. The number of nitrogens with one attached hydrogen (secondary N) is 3. The molecule has 4 heterocycles. The van der Waals surface area contributed by atoms with Gasteiger partial charge in [-0.15, -0.1) is 0 Å². The van der Waals surface area contributed by atoms with Gasteiger partial charge in [0.2, 0.25) is 5.91 Å². The summed E-state index contributed by atoms with van der Waals surface area (Å²) in [5.74, 6) is 1.73. The summed E-state index contributed by atoms with van der Waals surface area (Å²) in [5.41, 5.74) is 7.09. The zero-order valence-electron chi connectivity index (χ0n) is 33.4. The van der Waals surface area contributed by atoms with Crippen molar-refractivity contribution in [3.05, 3.63) is 89.0 Å². The van der Waals surface area contributed by atoms with E-state index in [4.69, 9.17) is 18.9 Å². The zero-order valence-corrected chi connectivity index (χ0v) is 35.1. The van der Waals surface area contributed by atoms with E-state index in [-0.39, 0.29) is 34.6 Å². The molecule has 4 aromatic rings. The molecule has 0 saturated carbocycles. The lowest BCUT2D eigenvalue weighted by Crippen LogP contribution is -2.39. The molecule has 8 rings (SSSR count). The average molecular weight is 824 g/mol. The van der Waals surface area contributed by atoms with Crippen LogP contribution < -0.4 is 44.7 Å². The summed E-state index contributed by atoms with van der Waals surface area (Å²) in [6, 6.07) is 21.0. The molecule has 0 fully saturated rings. The second-order valence-electron chi connectivity index (χ2n) is 15.5. The second-order valence-corrected chi connectivity index (χ2v) is 18.6. The second kappa shape index (κ2) is 16.6. The number of methoxy groups -OCH3 is 2. The third kappa shape index (κ3) is 7.83. The van der Waals surface area contributed by atoms with Crippen molar-refractivity contribution >= 4 is 67.7 Å². The number of carbonyl (C=O) groups excluding carboxylic acids is 3. The van der Waals surface area contributed by atoms with Crippen molar-refractivity contribution in [1.29, 1.82) is 0 Å². The molecule has 12 nitrogen and oxygen atoms in total. The first-order valence-electron chi connectivity index (χ1n) is 19.6. The van der Waals surface area contributed by atoms with Gasteiger partial charge in [-0.25, -0.2) is 0 Å². The first-order valence-corrected chi connectivity index (χ1v) is 22.2. The summed E-state index contributed by atoms with van der Waals surface area (Å²) < 4.78 is 23.8. The highest BCUT2D eigenvalue weighted by Gasteiger charge is 2.39. The summed E-state index contributed by atoms with van der Waals surface area (Å²) in [6.45, 7) is 6.13. The van der Waals surface area contributed by atoms with E-state index in [1.54, 1.807) is 47.9 Å². The Morgan fingerprint density at radius 2 is 1.34 bits per heavy atom. The van der Waals surface area contributed by atoms with Gasteiger partial charge in [0.1, 0.15) is 0 Å². The lowest BCUT2D eigenvalue weighted by Gasteiger charge is -2.23. The largest absolute Gasteiger partial charge is 0.493 e. The van der Waals surface area contributed by atoms with Gasteiger partial charge in [0, 0.05) is 59.9 Å². The maximum absolute atomic E-state index is 14.2. The summed E-state index contributed by atoms with van der Waals surface area (Å²) in [7, 11) is 6.61. The Hall–Kier alpha value is -5.21. The predicted molar refractivity (Wildman–Crippen MR) is 233 cm³/mol. The number of benzene rings is 4. The van der Waals surface area contributed by atoms with Gasteiger partial charge in [-0.3, -0.25) is 14.4 Å². The van der Waals surface area contributed by atoms with Crippen LogP contribution >= 0.6 is 21.6 Å². The van der Waals surface area contributed by atoms with Gasteiger partial charge in [0.05, 0.1) is 62.0 Å². The molecule has 58 heavy (non-hydrogen) atoms. The molecule has 0 bridgehead atoms. The van der Waals surface area contributed by atoms with Crippen LogP contribution in [0, 0.1) is 0 Å². The summed E-state index contributed by atoms with van der Waals surface area (Å²) in [4.78, 5) is 44.6. The molecular formula is C44H49N5O7S2. The SMILES string of the molecule is COc1cc2c(cc1OCCCOc1cc3c(cc1OC)C(=O)N1c4cc(NC(=O)CCC(C)(C)SSC)ccc4C[C@H]1CN3)NC[C@@H]1Cc3ccccc3N1C2=O. The van der Waals surface area contributed by atoms with Crippen LogP contribution in [-0.2, 0) is 17.6 Å². The molecule has 304 valence electrons. The Morgan fingerprint density at radius 1 is 0.776 bits per heavy atom. The van der Waals surface area contributed by atoms with Crippen molar-refractivity contribution in [2.24, 2.45) is 0 Å². The number of para-hydroxylation sites is 1. The van der Waals surface area contributed by atoms with E-state index in [0.717, 1.165) is 29.8 Å². The Morgan fingerprint density at radius 3 is 1.93 bits per heavy atom. The number of rotatable bonds is 14. The van der Waals surface area contributed by atoms with Crippen molar-refractivity contribution in [1.82, 2.24) is 0 Å². The Labute approximate surface area is 347 Å². The van der Waals surface area contributed by atoms with Crippen LogP contribution in [0.4, 0.5) is 28.4 Å². The molecular weight excluding hydrogens is 775 g/mol. The van der Waals surface area contributed by atoms with Crippen molar-refractivity contribution in [2.45, 2.75) is 62.8 Å². The lowest BCUT2D eigenvalue weighted by atomic mass is 10.1. The summed E-state index contributed by atoms with van der Waals surface area (Å²) >= 11 is 0. The number of anilines is 5. The molecule has 4 aliphatic rings. The number of hydrogen-bond donors (Lipinski definition) is 3. The minimum atomic E-state index is -0.141. The summed E-state index contributed by atoms with van der Waals surface area (Å²) in [5, 5.41) is 10.0. The maximum atomic E-state index is 14.2. The molecule has 0 spiro atoms. The summed E-state index contributed by atoms with van der Waals surface area (Å²) in [6.07, 6.45) is 5.27. The minimum absolute atomic E-state index is 0.00606. The van der Waals surface area contributed by atoms with Crippen LogP contribution in [0.25, 0.3) is 0 Å². The molecule has 4 aromatic carbocycles. The lowest BCUT2D eigenvalue weighted by molar-refractivity contribution is -0.116. The van der Waals surface area contributed by atoms with Crippen LogP contribution in [0.5, 0.6) is 23.0 Å². The van der Waals surface area contributed by atoms with Crippen LogP contribution in [0.15, 0.2) is 66.7 Å². The predicted octanol–water partition coefficient (Wildman–Crippen LogP) is 8.05. The van der Waals surface area contributed by atoms with Crippen molar-refractivity contribution in [2.75, 3.05) is 72.5 Å². The molecule has 3 N–H and O–H groups in total. The van der Waals surface area contributed by atoms with E-state index >= 15 is 0 Å². The smallest absolute Gasteiger partial charge is 0.260 e. The third-order valence-corrected chi connectivity index (χ3v) is 13.8. The van der Waals surface area contributed by atoms with Gasteiger partial charge < -0.3 is 44.7 Å². The number of hydrogen-bond acceptors (Lipinski definition) is 11. The van der Waals surface area contributed by atoms with Gasteiger partial charge in [-0.05, 0) is 80.8 Å². The quantitative estimate of drug-likeness (QED) is 0.0844. The molecule has 2 atom stereocenters. The monoisotopic (exact) mass is 823 g/mol. The minimum Gasteiger partial charge on any atom is -0.493 e. The Balaban J connectivity index is 0.901. The van der Waals surface area contributed by atoms with Gasteiger partial charge in [0.15, 0.2) is 23.0 Å². The maximum Gasteiger partial charge on any atom is 0.260 e. The van der Waals surface area contributed by atoms with Gasteiger partial charge >= 0.3 is 0 Å². The van der Waals surface area contributed by atoms with E-state index in [9.17, 15) is 14.4 Å². The van der Waals surface area contributed by atoms with Crippen molar-refractivity contribution < 1.29 is 33.3 Å². The van der Waals surface area contributed by atoms with E-state index in [1.807, 2.05) is 64.6 Å². The van der Waals surface area contributed by atoms with Crippen LogP contribution in [-0.4, -0.2) is 81.3 Å². The first kappa shape index (κ1) is 39.6. The highest BCUT2D eigenvalue weighted by molar-refractivity contribution is 8.76. The highest BCUT2D eigenvalue weighted by atomic mass is 33.1. The van der Waals surface area contributed by atoms with Gasteiger partial charge in [-0.2, -0.15) is 0 Å². The van der Waals surface area contributed by atoms with Crippen LogP contribution in [0.3, 0.4) is 0 Å². The molecule has 14 heteroatoms. The molecule has 0 saturated heterocycles. The van der Waals surface area contributed by atoms with Gasteiger partial charge in [-0.1, -0.05) is 45.9 Å². The normalized spacial score (nSPS) is 17.6. The first-order chi connectivity index (χ1) is 28.1. The molecule has 0 unspecified atom stereocenters. The fraction of sp³-hybridized carbons (Fsp3) is 0.386. The molecule has 0 aliphatic carbocycles. The van der Waals surface area contributed by atoms with E-state index < -0.39 is 0 Å². The van der Waals surface area contributed by atoms with Crippen molar-refractivity contribution in [3.63, 3.8) is 0 Å². The standard InChI is InChI=1S/C44H49N5O7S2/c1-44(2,58-57-5)14-13-41(50)47-28-12-11-27-18-30-25-46-34-23-40(38(54-4)21-32(34)43(52)49(30)36(27)19-28)56-16-8-15-55-39-22-33-31(20-37(39)53-3)42(51)48-29(24-45-33)17-26-9-6-7-10-35(26)48/h6-7,9-12,19-23,29-30,45-46H,8,13-18,24-25H2,1-5H3,(H,47,50)/t29-,30-/m0/s1. The Kier molecular flexibility index (Phi) is 11.3. The number of nitrogens with zero attached hydrogens (tertiary/aromatic N) is 2. The molecule has 0 aromatic heterocycles. The van der Waals surface area contributed by atoms with Crippen LogP contribution in [0.1, 0.15) is 65.0 Å². The van der Waals surface area contributed by atoms with Gasteiger partial charge in [0.25, 0.3) is 11.8 Å². The number of fused-ring (bicyclic) bond motifs is 8. The Bertz CT molecular complexity index is 2250. The fourth-order valence-corrected chi connectivity index (χ4v) is 10.5. The number of carbonyl (C=O) groups is 3.